The zero-order valence-corrected chi connectivity index (χ0v) is 18.5. The zero-order valence-electron chi connectivity index (χ0n) is 18.5. The Morgan fingerprint density at radius 2 is 1.84 bits per heavy atom. The number of fused-ring (bicyclic) bond motifs is 2. The molecule has 2 amide bonds. The fraction of sp³-hybridized carbons (Fsp3) is 0.375. The summed E-state index contributed by atoms with van der Waals surface area (Å²) in [6, 6.07) is 13.8. The van der Waals surface area contributed by atoms with Crippen LogP contribution in [-0.2, 0) is 6.54 Å². The largest absolute Gasteiger partial charge is 0.340 e. The minimum Gasteiger partial charge on any atom is -0.340 e. The highest BCUT2D eigenvalue weighted by molar-refractivity contribution is 5.76. The summed E-state index contributed by atoms with van der Waals surface area (Å²) in [5.41, 5.74) is 3.93. The second kappa shape index (κ2) is 8.63. The van der Waals surface area contributed by atoms with Gasteiger partial charge in [-0.25, -0.2) is 14.8 Å². The molecule has 166 valence electrons. The number of rotatable bonds is 5. The number of hydrogen-bond acceptors (Lipinski definition) is 4. The molecule has 0 bridgehead atoms. The molecule has 0 saturated carbocycles. The molecule has 4 heterocycles. The molecule has 3 aromatic heterocycles. The number of carbonyl (C=O) groups excluding carboxylic acids is 1. The summed E-state index contributed by atoms with van der Waals surface area (Å²) in [5, 5.41) is 3.20. The predicted octanol–water partition coefficient (Wildman–Crippen LogP) is 3.44. The summed E-state index contributed by atoms with van der Waals surface area (Å²) < 4.78 is 2.04. The van der Waals surface area contributed by atoms with Crippen LogP contribution >= 0.6 is 0 Å². The van der Waals surface area contributed by atoms with Crippen LogP contribution in [0.15, 0.2) is 54.9 Å². The van der Waals surface area contributed by atoms with Gasteiger partial charge in [-0.3, -0.25) is 4.90 Å². The van der Waals surface area contributed by atoms with E-state index in [0.717, 1.165) is 47.8 Å². The minimum absolute atomic E-state index is 0.0310. The van der Waals surface area contributed by atoms with Crippen molar-refractivity contribution in [3.63, 3.8) is 0 Å². The number of amides is 2. The lowest BCUT2D eigenvalue weighted by atomic mass is 10.0. The van der Waals surface area contributed by atoms with Crippen molar-refractivity contribution in [3.8, 4) is 0 Å². The molecular weight excluding hydrogens is 402 g/mol. The Kier molecular flexibility index (Phi) is 5.53. The molecule has 1 aliphatic heterocycles. The number of aromatic amines is 1. The Balaban J connectivity index is 1.19. The molecule has 4 aromatic rings. The van der Waals surface area contributed by atoms with Crippen molar-refractivity contribution in [1.29, 1.82) is 0 Å². The van der Waals surface area contributed by atoms with Gasteiger partial charge in [0.15, 0.2) is 0 Å². The highest BCUT2D eigenvalue weighted by Gasteiger charge is 2.27. The minimum atomic E-state index is -0.161. The van der Waals surface area contributed by atoms with E-state index >= 15 is 0 Å². The molecule has 1 atom stereocenters. The third-order valence-electron chi connectivity index (χ3n) is 6.11. The van der Waals surface area contributed by atoms with Crippen molar-refractivity contribution in [2.45, 2.75) is 26.4 Å². The molecule has 1 aromatic carbocycles. The Hall–Kier alpha value is -3.39. The number of aromatic nitrogens is 4. The fourth-order valence-corrected chi connectivity index (χ4v) is 4.30. The van der Waals surface area contributed by atoms with Gasteiger partial charge in [0.2, 0.25) is 0 Å². The van der Waals surface area contributed by atoms with Crippen LogP contribution in [0.25, 0.3) is 16.7 Å². The SMILES string of the molecule is CC(C)C(NC(=O)N1CCN(Cc2cn3ccccc3n2)CC1)c1nc2ccccc2[nH]1. The van der Waals surface area contributed by atoms with E-state index in [1.807, 2.05) is 58.0 Å². The zero-order chi connectivity index (χ0) is 22.1. The van der Waals surface area contributed by atoms with E-state index in [9.17, 15) is 4.79 Å². The number of carbonyl (C=O) groups is 1. The van der Waals surface area contributed by atoms with Crippen LogP contribution in [0.4, 0.5) is 4.79 Å². The maximum absolute atomic E-state index is 13.0. The van der Waals surface area contributed by atoms with Gasteiger partial charge in [-0.05, 0) is 30.2 Å². The van der Waals surface area contributed by atoms with Crippen LogP contribution in [0.5, 0.6) is 0 Å². The van der Waals surface area contributed by atoms with Gasteiger partial charge in [-0.2, -0.15) is 0 Å². The molecule has 0 spiro atoms. The maximum atomic E-state index is 13.0. The Morgan fingerprint density at radius 1 is 1.06 bits per heavy atom. The smallest absolute Gasteiger partial charge is 0.318 e. The van der Waals surface area contributed by atoms with Gasteiger partial charge in [0.25, 0.3) is 0 Å². The normalized spacial score (nSPS) is 16.2. The van der Waals surface area contributed by atoms with Gasteiger partial charge in [-0.1, -0.05) is 32.0 Å². The van der Waals surface area contributed by atoms with E-state index < -0.39 is 0 Å². The van der Waals surface area contributed by atoms with Crippen molar-refractivity contribution < 1.29 is 4.79 Å². The van der Waals surface area contributed by atoms with Gasteiger partial charge in [0.05, 0.1) is 22.8 Å². The molecule has 1 unspecified atom stereocenters. The van der Waals surface area contributed by atoms with E-state index in [-0.39, 0.29) is 18.0 Å². The van der Waals surface area contributed by atoms with Gasteiger partial charge in [-0.15, -0.1) is 0 Å². The number of benzene rings is 1. The van der Waals surface area contributed by atoms with E-state index in [0.29, 0.717) is 13.1 Å². The number of urea groups is 1. The van der Waals surface area contributed by atoms with Crippen molar-refractivity contribution in [3.05, 3.63) is 66.4 Å². The average Bonchev–Trinajstić information content (AvgIpc) is 3.40. The van der Waals surface area contributed by atoms with E-state index in [2.05, 4.69) is 40.2 Å². The molecule has 1 aliphatic rings. The molecule has 0 radical (unpaired) electrons. The Morgan fingerprint density at radius 3 is 2.59 bits per heavy atom. The molecule has 32 heavy (non-hydrogen) atoms. The van der Waals surface area contributed by atoms with Crippen LogP contribution in [-0.4, -0.2) is 61.4 Å². The van der Waals surface area contributed by atoms with E-state index in [1.165, 1.54) is 0 Å². The van der Waals surface area contributed by atoms with Crippen LogP contribution in [0.1, 0.15) is 31.4 Å². The first-order valence-electron chi connectivity index (χ1n) is 11.2. The van der Waals surface area contributed by atoms with Gasteiger partial charge in [0, 0.05) is 45.1 Å². The predicted molar refractivity (Wildman–Crippen MR) is 124 cm³/mol. The topological polar surface area (TPSA) is 81.6 Å². The summed E-state index contributed by atoms with van der Waals surface area (Å²) in [6.45, 7) is 8.06. The summed E-state index contributed by atoms with van der Waals surface area (Å²) in [6.07, 6.45) is 4.09. The number of piperazine rings is 1. The molecule has 8 heteroatoms. The van der Waals surface area contributed by atoms with Crippen molar-refractivity contribution >= 4 is 22.7 Å². The molecule has 5 rings (SSSR count). The molecule has 8 nitrogen and oxygen atoms in total. The van der Waals surface area contributed by atoms with Crippen molar-refractivity contribution in [2.24, 2.45) is 5.92 Å². The molecule has 1 saturated heterocycles. The number of nitrogens with one attached hydrogen (secondary N) is 2. The van der Waals surface area contributed by atoms with Crippen LogP contribution in [0.2, 0.25) is 0 Å². The van der Waals surface area contributed by atoms with Gasteiger partial charge < -0.3 is 19.6 Å². The lowest BCUT2D eigenvalue weighted by Gasteiger charge is -2.35. The first-order chi connectivity index (χ1) is 15.6. The Labute approximate surface area is 187 Å². The second-order valence-corrected chi connectivity index (χ2v) is 8.77. The summed E-state index contributed by atoms with van der Waals surface area (Å²) >= 11 is 0. The molecule has 2 N–H and O–H groups in total. The van der Waals surface area contributed by atoms with Crippen molar-refractivity contribution in [2.75, 3.05) is 26.2 Å². The summed E-state index contributed by atoms with van der Waals surface area (Å²) in [4.78, 5) is 30.0. The van der Waals surface area contributed by atoms with Crippen LogP contribution in [0, 0.1) is 5.92 Å². The summed E-state index contributed by atoms with van der Waals surface area (Å²) in [7, 11) is 0. The number of nitrogens with zero attached hydrogens (tertiary/aromatic N) is 5. The third kappa shape index (κ3) is 4.18. The molecule has 0 aliphatic carbocycles. The Bertz CT molecular complexity index is 1150. The molecular formula is C24H29N7O. The lowest BCUT2D eigenvalue weighted by Crippen LogP contribution is -2.52. The maximum Gasteiger partial charge on any atom is 0.318 e. The summed E-state index contributed by atoms with van der Waals surface area (Å²) in [5.74, 6) is 1.02. The highest BCUT2D eigenvalue weighted by Crippen LogP contribution is 2.22. The number of hydrogen-bond donors (Lipinski definition) is 2. The van der Waals surface area contributed by atoms with Crippen molar-refractivity contribution in [1.82, 2.24) is 34.5 Å². The van der Waals surface area contributed by atoms with Crippen LogP contribution < -0.4 is 5.32 Å². The fourth-order valence-electron chi connectivity index (χ4n) is 4.30. The van der Waals surface area contributed by atoms with E-state index in [4.69, 9.17) is 4.98 Å². The number of H-pyrrole nitrogens is 1. The second-order valence-electron chi connectivity index (χ2n) is 8.77. The number of pyridine rings is 1. The lowest BCUT2D eigenvalue weighted by molar-refractivity contribution is 0.130. The standard InChI is InChI=1S/C24H29N7O/c1-17(2)22(23-26-19-7-3-4-8-20(19)27-23)28-24(32)30-13-11-29(12-14-30)15-18-16-31-10-6-5-9-21(31)25-18/h3-10,16-17,22H,11-15H2,1-2H3,(H,26,27)(H,28,32). The number of para-hydroxylation sites is 2. The first-order valence-corrected chi connectivity index (χ1v) is 11.2. The monoisotopic (exact) mass is 431 g/mol. The van der Waals surface area contributed by atoms with Gasteiger partial charge in [0.1, 0.15) is 11.5 Å². The molecule has 1 fully saturated rings. The van der Waals surface area contributed by atoms with Gasteiger partial charge >= 0.3 is 6.03 Å². The quantitative estimate of drug-likeness (QED) is 0.507. The third-order valence-corrected chi connectivity index (χ3v) is 6.11. The average molecular weight is 432 g/mol. The first kappa shape index (κ1) is 20.5. The highest BCUT2D eigenvalue weighted by atomic mass is 16.2. The van der Waals surface area contributed by atoms with Crippen LogP contribution in [0.3, 0.4) is 0 Å². The number of imidazole rings is 2. The van der Waals surface area contributed by atoms with E-state index in [1.54, 1.807) is 0 Å².